The van der Waals surface area contributed by atoms with Gasteiger partial charge in [-0.3, -0.25) is 9.59 Å². The monoisotopic (exact) mass is 383 g/mol. The molecule has 6 nitrogen and oxygen atoms in total. The van der Waals surface area contributed by atoms with Crippen LogP contribution < -0.4 is 0 Å². The molecule has 2 aliphatic rings. The number of carbonyl (C=O) groups excluding carboxylic acids is 1. The predicted octanol–water partition coefficient (Wildman–Crippen LogP) is 2.91. The minimum atomic E-state index is -0.814. The number of rotatable bonds is 3. The maximum atomic E-state index is 13.5. The summed E-state index contributed by atoms with van der Waals surface area (Å²) in [5.41, 5.74) is 4.18. The molecule has 0 saturated carbocycles. The Morgan fingerprint density at radius 3 is 2.68 bits per heavy atom. The summed E-state index contributed by atoms with van der Waals surface area (Å²) in [5, 5.41) is 10.7. The van der Waals surface area contributed by atoms with Gasteiger partial charge < -0.3 is 19.9 Å². The van der Waals surface area contributed by atoms with Gasteiger partial charge in [0.1, 0.15) is 0 Å². The van der Waals surface area contributed by atoms with Crippen molar-refractivity contribution in [3.05, 3.63) is 35.0 Å². The normalized spacial score (nSPS) is 22.9. The summed E-state index contributed by atoms with van der Waals surface area (Å²) in [6.07, 6.45) is 5.85. The van der Waals surface area contributed by atoms with E-state index in [1.165, 1.54) is 24.1 Å². The molecule has 4 rings (SSSR count). The number of aryl methyl sites for hydroxylation is 2. The van der Waals surface area contributed by atoms with Crippen LogP contribution in [-0.2, 0) is 17.6 Å². The number of carboxylic acids is 1. The van der Waals surface area contributed by atoms with Gasteiger partial charge in [0.05, 0.1) is 17.0 Å². The van der Waals surface area contributed by atoms with Crippen LogP contribution in [0.2, 0.25) is 0 Å². The van der Waals surface area contributed by atoms with E-state index in [0.717, 1.165) is 30.2 Å². The lowest BCUT2D eigenvalue weighted by Crippen LogP contribution is -2.43. The molecule has 1 saturated heterocycles. The predicted molar refractivity (Wildman–Crippen MR) is 109 cm³/mol. The third-order valence-electron chi connectivity index (χ3n) is 6.45. The third-order valence-corrected chi connectivity index (χ3v) is 6.45. The minimum Gasteiger partial charge on any atom is -0.481 e. The number of hydrogen-bond acceptors (Lipinski definition) is 3. The Morgan fingerprint density at radius 2 is 1.93 bits per heavy atom. The molecular formula is C22H29N3O3. The van der Waals surface area contributed by atoms with E-state index in [0.29, 0.717) is 18.5 Å². The first-order chi connectivity index (χ1) is 13.5. The average molecular weight is 383 g/mol. The molecule has 28 heavy (non-hydrogen) atoms. The second-order valence-electron chi connectivity index (χ2n) is 8.46. The molecule has 1 amide bonds. The number of carbonyl (C=O) groups is 2. The average Bonchev–Trinajstić information content (AvgIpc) is 2.90. The number of hydrogen-bond donors (Lipinski definition) is 2. The van der Waals surface area contributed by atoms with Crippen LogP contribution in [0.1, 0.15) is 47.3 Å². The molecule has 2 aromatic rings. The van der Waals surface area contributed by atoms with Crippen molar-refractivity contribution >= 4 is 22.8 Å². The Balaban J connectivity index is 1.70. The number of likely N-dealkylation sites (N-methyl/N-ethyl adjacent to an activating group) is 1. The van der Waals surface area contributed by atoms with Crippen molar-refractivity contribution in [3.8, 4) is 0 Å². The lowest BCUT2D eigenvalue weighted by molar-refractivity contribution is -0.142. The number of carboxylic acid groups (broad SMARTS) is 1. The fourth-order valence-electron chi connectivity index (χ4n) is 4.74. The van der Waals surface area contributed by atoms with Crippen molar-refractivity contribution in [2.75, 3.05) is 27.2 Å². The number of H-pyrrole nitrogens is 1. The van der Waals surface area contributed by atoms with Gasteiger partial charge in [-0.25, -0.2) is 0 Å². The molecule has 0 radical (unpaired) electrons. The highest BCUT2D eigenvalue weighted by atomic mass is 16.4. The molecule has 6 heteroatoms. The van der Waals surface area contributed by atoms with Crippen molar-refractivity contribution in [2.24, 2.45) is 5.92 Å². The zero-order valence-corrected chi connectivity index (χ0v) is 16.7. The molecular weight excluding hydrogens is 354 g/mol. The fourth-order valence-corrected chi connectivity index (χ4v) is 4.74. The Morgan fingerprint density at radius 1 is 1.14 bits per heavy atom. The first-order valence-corrected chi connectivity index (χ1v) is 10.3. The van der Waals surface area contributed by atoms with Crippen molar-refractivity contribution in [3.63, 3.8) is 0 Å². The standard InChI is InChI=1S/C22H29N3O3/c1-24(2)15-11-10-14(22(27)28)12-25(13-15)21(26)18-8-5-7-17-16-6-3-4-9-19(16)23-20(17)18/h5,7-8,14-15,23H,3-4,6,9-13H2,1-2H3,(H,27,28)/t14-,15+/m0/s1. The van der Waals surface area contributed by atoms with Gasteiger partial charge in [-0.15, -0.1) is 0 Å². The molecule has 2 atom stereocenters. The summed E-state index contributed by atoms with van der Waals surface area (Å²) >= 11 is 0. The largest absolute Gasteiger partial charge is 0.481 e. The quantitative estimate of drug-likeness (QED) is 0.854. The van der Waals surface area contributed by atoms with Gasteiger partial charge >= 0.3 is 5.97 Å². The number of aromatic amines is 1. The first kappa shape index (κ1) is 19.0. The van der Waals surface area contributed by atoms with Gasteiger partial charge in [-0.2, -0.15) is 0 Å². The van der Waals surface area contributed by atoms with E-state index in [9.17, 15) is 14.7 Å². The van der Waals surface area contributed by atoms with Crippen molar-refractivity contribution in [2.45, 2.75) is 44.6 Å². The number of fused-ring (bicyclic) bond motifs is 3. The van der Waals surface area contributed by atoms with Crippen LogP contribution in [0.3, 0.4) is 0 Å². The highest BCUT2D eigenvalue weighted by Crippen LogP contribution is 2.32. The summed E-state index contributed by atoms with van der Waals surface area (Å²) in [5.74, 6) is -1.39. The summed E-state index contributed by atoms with van der Waals surface area (Å²) in [7, 11) is 3.99. The number of benzene rings is 1. The van der Waals surface area contributed by atoms with Crippen LogP contribution in [-0.4, -0.2) is 65.0 Å². The smallest absolute Gasteiger partial charge is 0.308 e. The molecule has 2 N–H and O–H groups in total. The molecule has 0 spiro atoms. The molecule has 0 bridgehead atoms. The number of aromatic nitrogens is 1. The summed E-state index contributed by atoms with van der Waals surface area (Å²) < 4.78 is 0. The molecule has 150 valence electrons. The van der Waals surface area contributed by atoms with E-state index in [4.69, 9.17) is 0 Å². The molecule has 1 aliphatic carbocycles. The Labute approximate surface area is 165 Å². The summed E-state index contributed by atoms with van der Waals surface area (Å²) in [4.78, 5) is 32.6. The van der Waals surface area contributed by atoms with Crippen LogP contribution >= 0.6 is 0 Å². The van der Waals surface area contributed by atoms with E-state index in [1.807, 2.05) is 26.2 Å². The first-order valence-electron chi connectivity index (χ1n) is 10.3. The van der Waals surface area contributed by atoms with Gasteiger partial charge in [0.2, 0.25) is 0 Å². The molecule has 0 unspecified atom stereocenters. The Bertz CT molecular complexity index is 902. The second-order valence-corrected chi connectivity index (χ2v) is 8.46. The van der Waals surface area contributed by atoms with E-state index >= 15 is 0 Å². The van der Waals surface area contributed by atoms with E-state index in [-0.39, 0.29) is 18.5 Å². The van der Waals surface area contributed by atoms with Crippen LogP contribution in [0.15, 0.2) is 18.2 Å². The number of aliphatic carboxylic acids is 1. The highest BCUT2D eigenvalue weighted by molar-refractivity contribution is 6.07. The van der Waals surface area contributed by atoms with Gasteiger partial charge in [-0.05, 0) is 64.3 Å². The number of amides is 1. The van der Waals surface area contributed by atoms with Crippen molar-refractivity contribution in [1.82, 2.24) is 14.8 Å². The molecule has 1 aromatic heterocycles. The minimum absolute atomic E-state index is 0.0656. The molecule has 1 aliphatic heterocycles. The van der Waals surface area contributed by atoms with Gasteiger partial charge in [-0.1, -0.05) is 12.1 Å². The number of nitrogens with one attached hydrogen (secondary N) is 1. The summed E-state index contributed by atoms with van der Waals surface area (Å²) in [6.45, 7) is 0.835. The summed E-state index contributed by atoms with van der Waals surface area (Å²) in [6, 6.07) is 6.09. The van der Waals surface area contributed by atoms with E-state index in [2.05, 4.69) is 16.0 Å². The van der Waals surface area contributed by atoms with Crippen molar-refractivity contribution in [1.29, 1.82) is 0 Å². The number of para-hydroxylation sites is 1. The fraction of sp³-hybridized carbons (Fsp3) is 0.545. The van der Waals surface area contributed by atoms with Gasteiger partial charge in [0, 0.05) is 30.2 Å². The van der Waals surface area contributed by atoms with Crippen LogP contribution in [0.4, 0.5) is 0 Å². The van der Waals surface area contributed by atoms with Crippen LogP contribution in [0.5, 0.6) is 0 Å². The van der Waals surface area contributed by atoms with Crippen molar-refractivity contribution < 1.29 is 14.7 Å². The van der Waals surface area contributed by atoms with Gasteiger partial charge in [0.25, 0.3) is 5.91 Å². The lowest BCUT2D eigenvalue weighted by Gasteiger charge is -2.29. The Hall–Kier alpha value is -2.34. The molecule has 2 heterocycles. The number of nitrogens with zero attached hydrogens (tertiary/aromatic N) is 2. The number of likely N-dealkylation sites (tertiary alicyclic amines) is 1. The van der Waals surface area contributed by atoms with E-state index < -0.39 is 11.9 Å². The zero-order chi connectivity index (χ0) is 19.8. The van der Waals surface area contributed by atoms with Crippen LogP contribution in [0.25, 0.3) is 10.9 Å². The topological polar surface area (TPSA) is 76.6 Å². The molecule has 1 fully saturated rings. The Kier molecular flexibility index (Phi) is 5.15. The third kappa shape index (κ3) is 3.41. The SMILES string of the molecule is CN(C)[C@@H]1CC[C@H](C(=O)O)CN(C(=O)c2cccc3c4c([nH]c23)CCCC4)C1. The second kappa shape index (κ2) is 7.59. The highest BCUT2D eigenvalue weighted by Gasteiger charge is 2.32. The molecule has 1 aromatic carbocycles. The zero-order valence-electron chi connectivity index (χ0n) is 16.7. The van der Waals surface area contributed by atoms with E-state index in [1.54, 1.807) is 4.90 Å². The van der Waals surface area contributed by atoms with Gasteiger partial charge in [0.15, 0.2) is 0 Å². The van der Waals surface area contributed by atoms with Crippen LogP contribution in [0, 0.1) is 5.92 Å². The maximum absolute atomic E-state index is 13.5. The maximum Gasteiger partial charge on any atom is 0.308 e. The lowest BCUT2D eigenvalue weighted by atomic mass is 9.95.